The zero-order valence-electron chi connectivity index (χ0n) is 6.43. The molecular formula is C6H11NO4S. The molecule has 0 bridgehead atoms. The molecule has 2 atom stereocenters. The standard InChI is InChI=1S/C6H11NO4S/c7-5-1-2-12(10,11)3-4(5)6(8)9/h4-5H,1-3,7H2,(H,8,9)/t4-,5-/m0/s1. The molecule has 0 spiro atoms. The van der Waals surface area contributed by atoms with Gasteiger partial charge in [0.05, 0.1) is 17.4 Å². The van der Waals surface area contributed by atoms with Crippen LogP contribution >= 0.6 is 0 Å². The van der Waals surface area contributed by atoms with Crippen molar-refractivity contribution in [2.75, 3.05) is 11.5 Å². The smallest absolute Gasteiger partial charge is 0.309 e. The number of carboxylic acids is 1. The molecule has 6 heteroatoms. The van der Waals surface area contributed by atoms with Gasteiger partial charge in [-0.25, -0.2) is 8.42 Å². The van der Waals surface area contributed by atoms with Gasteiger partial charge < -0.3 is 10.8 Å². The molecule has 1 saturated heterocycles. The minimum absolute atomic E-state index is 0.0119. The van der Waals surface area contributed by atoms with Crippen molar-refractivity contribution in [1.82, 2.24) is 0 Å². The van der Waals surface area contributed by atoms with Crippen molar-refractivity contribution in [3.8, 4) is 0 Å². The molecule has 0 unspecified atom stereocenters. The van der Waals surface area contributed by atoms with Crippen LogP contribution in [-0.4, -0.2) is 37.0 Å². The Morgan fingerprint density at radius 3 is 2.50 bits per heavy atom. The van der Waals surface area contributed by atoms with Crippen molar-refractivity contribution in [2.24, 2.45) is 11.7 Å². The third-order valence-electron chi connectivity index (χ3n) is 2.03. The Bertz CT molecular complexity index is 284. The van der Waals surface area contributed by atoms with E-state index in [0.717, 1.165) is 0 Å². The van der Waals surface area contributed by atoms with Crippen molar-refractivity contribution in [3.63, 3.8) is 0 Å². The molecule has 0 amide bonds. The fraction of sp³-hybridized carbons (Fsp3) is 0.833. The summed E-state index contributed by atoms with van der Waals surface area (Å²) in [6, 6.07) is -0.522. The first kappa shape index (κ1) is 9.47. The van der Waals surface area contributed by atoms with E-state index in [-0.39, 0.29) is 17.9 Å². The van der Waals surface area contributed by atoms with Gasteiger partial charge in [0.1, 0.15) is 0 Å². The molecule has 1 heterocycles. The van der Waals surface area contributed by atoms with Crippen LogP contribution in [0.1, 0.15) is 6.42 Å². The fourth-order valence-electron chi connectivity index (χ4n) is 1.25. The van der Waals surface area contributed by atoms with E-state index >= 15 is 0 Å². The van der Waals surface area contributed by atoms with Crippen LogP contribution in [0.3, 0.4) is 0 Å². The van der Waals surface area contributed by atoms with E-state index in [4.69, 9.17) is 10.8 Å². The molecule has 1 aliphatic rings. The topological polar surface area (TPSA) is 97.5 Å². The molecule has 0 aliphatic carbocycles. The maximum atomic E-state index is 11.0. The monoisotopic (exact) mass is 193 g/mol. The van der Waals surface area contributed by atoms with Crippen LogP contribution < -0.4 is 5.73 Å². The fourth-order valence-corrected chi connectivity index (χ4v) is 2.99. The molecule has 1 fully saturated rings. The highest BCUT2D eigenvalue weighted by molar-refractivity contribution is 7.91. The van der Waals surface area contributed by atoms with Crippen LogP contribution in [0.2, 0.25) is 0 Å². The zero-order valence-corrected chi connectivity index (χ0v) is 7.25. The Balaban J connectivity index is 2.79. The lowest BCUT2D eigenvalue weighted by Gasteiger charge is -2.24. The molecule has 3 N–H and O–H groups in total. The van der Waals surface area contributed by atoms with Gasteiger partial charge in [-0.2, -0.15) is 0 Å². The molecule has 70 valence electrons. The SMILES string of the molecule is N[C@H]1CCS(=O)(=O)C[C@@H]1C(=O)O. The number of aliphatic carboxylic acids is 1. The quantitative estimate of drug-likeness (QED) is 0.547. The summed E-state index contributed by atoms with van der Waals surface area (Å²) >= 11 is 0. The maximum Gasteiger partial charge on any atom is 0.309 e. The Morgan fingerprint density at radius 1 is 1.50 bits per heavy atom. The second-order valence-corrected chi connectivity index (χ2v) is 5.24. The molecular weight excluding hydrogens is 182 g/mol. The van der Waals surface area contributed by atoms with Crippen LogP contribution in [0.25, 0.3) is 0 Å². The Labute approximate surface area is 70.5 Å². The molecule has 0 aromatic rings. The summed E-state index contributed by atoms with van der Waals surface area (Å²) in [6.45, 7) is 0. The summed E-state index contributed by atoms with van der Waals surface area (Å²) in [7, 11) is -3.17. The third-order valence-corrected chi connectivity index (χ3v) is 3.75. The minimum atomic E-state index is -3.17. The van der Waals surface area contributed by atoms with Crippen LogP contribution in [-0.2, 0) is 14.6 Å². The van der Waals surface area contributed by atoms with Crippen LogP contribution in [0.15, 0.2) is 0 Å². The van der Waals surface area contributed by atoms with Crippen molar-refractivity contribution in [1.29, 1.82) is 0 Å². The number of nitrogens with two attached hydrogens (primary N) is 1. The van der Waals surface area contributed by atoms with Gasteiger partial charge in [0, 0.05) is 6.04 Å². The lowest BCUT2D eigenvalue weighted by molar-refractivity contribution is -0.141. The van der Waals surface area contributed by atoms with Crippen molar-refractivity contribution in [2.45, 2.75) is 12.5 Å². The molecule has 0 aromatic carbocycles. The van der Waals surface area contributed by atoms with Crippen LogP contribution in [0.4, 0.5) is 0 Å². The Hall–Kier alpha value is -0.620. The van der Waals surface area contributed by atoms with Gasteiger partial charge in [-0.3, -0.25) is 4.79 Å². The van der Waals surface area contributed by atoms with E-state index in [1.165, 1.54) is 0 Å². The predicted molar refractivity (Wildman–Crippen MR) is 42.4 cm³/mol. The zero-order chi connectivity index (χ0) is 9.35. The number of hydrogen-bond donors (Lipinski definition) is 2. The van der Waals surface area contributed by atoms with E-state index < -0.39 is 27.8 Å². The van der Waals surface area contributed by atoms with Gasteiger partial charge >= 0.3 is 5.97 Å². The lowest BCUT2D eigenvalue weighted by atomic mass is 10.0. The first-order valence-corrected chi connectivity index (χ1v) is 5.43. The lowest BCUT2D eigenvalue weighted by Crippen LogP contribution is -2.45. The Kier molecular flexibility index (Phi) is 2.39. The van der Waals surface area contributed by atoms with Crippen molar-refractivity contribution < 1.29 is 18.3 Å². The summed E-state index contributed by atoms with van der Waals surface area (Å²) in [5.74, 6) is -2.35. The number of hydrogen-bond acceptors (Lipinski definition) is 4. The highest BCUT2D eigenvalue weighted by atomic mass is 32.2. The highest BCUT2D eigenvalue weighted by Crippen LogP contribution is 2.17. The van der Waals surface area contributed by atoms with E-state index in [2.05, 4.69) is 0 Å². The summed E-state index contributed by atoms with van der Waals surface area (Å²) in [5.41, 5.74) is 5.46. The summed E-state index contributed by atoms with van der Waals surface area (Å²) in [6.07, 6.45) is 0.249. The normalized spacial score (nSPS) is 34.4. The predicted octanol–water partition coefficient (Wildman–Crippen LogP) is -1.17. The van der Waals surface area contributed by atoms with E-state index in [1.807, 2.05) is 0 Å². The minimum Gasteiger partial charge on any atom is -0.481 e. The molecule has 0 aromatic heterocycles. The summed E-state index contributed by atoms with van der Waals surface area (Å²) in [4.78, 5) is 10.5. The number of carboxylic acid groups (broad SMARTS) is 1. The number of sulfone groups is 1. The molecule has 12 heavy (non-hydrogen) atoms. The largest absolute Gasteiger partial charge is 0.481 e. The second kappa shape index (κ2) is 3.02. The molecule has 0 radical (unpaired) electrons. The molecule has 1 aliphatic heterocycles. The van der Waals surface area contributed by atoms with Gasteiger partial charge in [-0.15, -0.1) is 0 Å². The Morgan fingerprint density at radius 2 is 2.08 bits per heavy atom. The average Bonchev–Trinajstić information content (AvgIpc) is 1.94. The van der Waals surface area contributed by atoms with Gasteiger partial charge in [0.25, 0.3) is 0 Å². The number of carbonyl (C=O) groups is 1. The molecule has 1 rings (SSSR count). The van der Waals surface area contributed by atoms with E-state index in [9.17, 15) is 13.2 Å². The van der Waals surface area contributed by atoms with Gasteiger partial charge in [0.2, 0.25) is 0 Å². The average molecular weight is 193 g/mol. The van der Waals surface area contributed by atoms with Gasteiger partial charge in [0.15, 0.2) is 9.84 Å². The summed E-state index contributed by atoms with van der Waals surface area (Å²) in [5, 5.41) is 8.60. The van der Waals surface area contributed by atoms with E-state index in [0.29, 0.717) is 0 Å². The van der Waals surface area contributed by atoms with Crippen molar-refractivity contribution >= 4 is 15.8 Å². The molecule has 0 saturated carbocycles. The van der Waals surface area contributed by atoms with Crippen LogP contribution in [0, 0.1) is 5.92 Å². The van der Waals surface area contributed by atoms with Crippen LogP contribution in [0.5, 0.6) is 0 Å². The maximum absolute atomic E-state index is 11.0. The first-order valence-electron chi connectivity index (χ1n) is 3.61. The van der Waals surface area contributed by atoms with Crippen molar-refractivity contribution in [3.05, 3.63) is 0 Å². The first-order chi connectivity index (χ1) is 5.42. The van der Waals surface area contributed by atoms with Gasteiger partial charge in [-0.1, -0.05) is 0 Å². The highest BCUT2D eigenvalue weighted by Gasteiger charge is 2.35. The molecule has 5 nitrogen and oxygen atoms in total. The van der Waals surface area contributed by atoms with Gasteiger partial charge in [-0.05, 0) is 6.42 Å². The van der Waals surface area contributed by atoms with E-state index in [1.54, 1.807) is 0 Å². The second-order valence-electron chi connectivity index (χ2n) is 3.01. The number of rotatable bonds is 1. The summed E-state index contributed by atoms with van der Waals surface area (Å²) < 4.78 is 22.0. The third kappa shape index (κ3) is 1.95.